The monoisotopic (exact) mass is 258 g/mol. The molecule has 1 aliphatic rings. The van der Waals surface area contributed by atoms with Gasteiger partial charge in [-0.15, -0.1) is 11.6 Å². The summed E-state index contributed by atoms with van der Waals surface area (Å²) in [5, 5.41) is 0. The summed E-state index contributed by atoms with van der Waals surface area (Å²) >= 11 is 5.67. The van der Waals surface area contributed by atoms with E-state index in [9.17, 15) is 4.79 Å². The number of nitrogens with zero attached hydrogens (tertiary/aromatic N) is 2. The first-order valence-electron chi connectivity index (χ1n) is 6.04. The summed E-state index contributed by atoms with van der Waals surface area (Å²) < 4.78 is 4.95. The fourth-order valence-corrected chi connectivity index (χ4v) is 2.27. The molecule has 1 aliphatic heterocycles. The SMILES string of the molecule is [C-]#[N+]C1(CCCCl)CCN(C(=O)OCC)CC1. The van der Waals surface area contributed by atoms with Crippen LogP contribution in [0.25, 0.3) is 4.85 Å². The number of likely N-dealkylation sites (tertiary alicyclic amines) is 1. The smallest absolute Gasteiger partial charge is 0.409 e. The zero-order valence-electron chi connectivity index (χ0n) is 10.2. The second-order valence-electron chi connectivity index (χ2n) is 4.31. The molecule has 1 saturated heterocycles. The van der Waals surface area contributed by atoms with Gasteiger partial charge in [0.2, 0.25) is 5.54 Å². The first kappa shape index (κ1) is 14.1. The highest BCUT2D eigenvalue weighted by Crippen LogP contribution is 2.31. The van der Waals surface area contributed by atoms with Crippen molar-refractivity contribution in [2.75, 3.05) is 25.6 Å². The number of hydrogen-bond acceptors (Lipinski definition) is 2. The standard InChI is InChI=1S/C12H19ClN2O2/c1-3-17-11(16)15-9-6-12(14-2,7-10-15)5-4-8-13/h3-10H2,1H3. The first-order chi connectivity index (χ1) is 8.17. The van der Waals surface area contributed by atoms with Crippen molar-refractivity contribution in [3.63, 3.8) is 0 Å². The molecule has 17 heavy (non-hydrogen) atoms. The van der Waals surface area contributed by atoms with Crippen molar-refractivity contribution in [2.45, 2.75) is 38.1 Å². The zero-order valence-corrected chi connectivity index (χ0v) is 11.0. The van der Waals surface area contributed by atoms with Crippen LogP contribution in [-0.2, 0) is 4.74 Å². The summed E-state index contributed by atoms with van der Waals surface area (Å²) in [6, 6.07) is 0. The van der Waals surface area contributed by atoms with E-state index in [-0.39, 0.29) is 11.6 Å². The predicted octanol–water partition coefficient (Wildman–Crippen LogP) is 2.92. The third-order valence-corrected chi connectivity index (χ3v) is 3.50. The molecule has 1 heterocycles. The Balaban J connectivity index is 2.48. The molecular weight excluding hydrogens is 240 g/mol. The summed E-state index contributed by atoms with van der Waals surface area (Å²) in [5.41, 5.74) is -0.308. The highest BCUT2D eigenvalue weighted by Gasteiger charge is 2.41. The van der Waals surface area contributed by atoms with Gasteiger partial charge in [-0.05, 0) is 13.3 Å². The van der Waals surface area contributed by atoms with Crippen LogP contribution in [0.3, 0.4) is 0 Å². The second kappa shape index (κ2) is 6.70. The van der Waals surface area contributed by atoms with Crippen molar-refractivity contribution in [3.8, 4) is 0 Å². The molecule has 0 unspecified atom stereocenters. The molecule has 1 amide bonds. The molecule has 0 bridgehead atoms. The van der Waals surface area contributed by atoms with Gasteiger partial charge < -0.3 is 14.5 Å². The van der Waals surface area contributed by atoms with Gasteiger partial charge in [-0.2, -0.15) is 0 Å². The molecule has 0 aromatic heterocycles. The first-order valence-corrected chi connectivity index (χ1v) is 6.57. The molecule has 0 N–H and O–H groups in total. The molecule has 0 atom stereocenters. The maximum Gasteiger partial charge on any atom is 0.409 e. The third-order valence-electron chi connectivity index (χ3n) is 3.23. The van der Waals surface area contributed by atoms with Crippen molar-refractivity contribution in [2.24, 2.45) is 0 Å². The number of ether oxygens (including phenoxy) is 1. The Hall–Kier alpha value is -0.950. The van der Waals surface area contributed by atoms with E-state index in [1.165, 1.54) is 0 Å². The van der Waals surface area contributed by atoms with Crippen LogP contribution in [-0.4, -0.2) is 42.1 Å². The Morgan fingerprint density at radius 2 is 2.18 bits per heavy atom. The van der Waals surface area contributed by atoms with Gasteiger partial charge in [0.1, 0.15) is 0 Å². The number of rotatable bonds is 4. The number of halogens is 1. The van der Waals surface area contributed by atoms with Crippen LogP contribution in [0.5, 0.6) is 0 Å². The summed E-state index contributed by atoms with van der Waals surface area (Å²) in [6.07, 6.45) is 2.89. The van der Waals surface area contributed by atoms with E-state index in [1.807, 2.05) is 0 Å². The van der Waals surface area contributed by atoms with E-state index in [4.69, 9.17) is 22.9 Å². The normalized spacial score (nSPS) is 18.5. The van der Waals surface area contributed by atoms with Crippen LogP contribution in [0.15, 0.2) is 0 Å². The molecule has 0 spiro atoms. The van der Waals surface area contributed by atoms with Gasteiger partial charge in [0.15, 0.2) is 0 Å². The van der Waals surface area contributed by atoms with Gasteiger partial charge >= 0.3 is 6.09 Å². The predicted molar refractivity (Wildman–Crippen MR) is 67.1 cm³/mol. The summed E-state index contributed by atoms with van der Waals surface area (Å²) in [7, 11) is 0. The summed E-state index contributed by atoms with van der Waals surface area (Å²) in [6.45, 7) is 10.7. The van der Waals surface area contributed by atoms with E-state index >= 15 is 0 Å². The highest BCUT2D eigenvalue weighted by atomic mass is 35.5. The second-order valence-corrected chi connectivity index (χ2v) is 4.69. The van der Waals surface area contributed by atoms with Crippen molar-refractivity contribution in [1.29, 1.82) is 0 Å². The average Bonchev–Trinajstić information content (AvgIpc) is 2.37. The molecule has 0 aliphatic carbocycles. The Labute approximate surface area is 108 Å². The van der Waals surface area contributed by atoms with Crippen molar-refractivity contribution in [1.82, 2.24) is 4.90 Å². The Morgan fingerprint density at radius 1 is 1.53 bits per heavy atom. The molecule has 4 nitrogen and oxygen atoms in total. The number of carbonyl (C=O) groups excluding carboxylic acids is 1. The lowest BCUT2D eigenvalue weighted by atomic mass is 9.84. The highest BCUT2D eigenvalue weighted by molar-refractivity contribution is 6.17. The molecule has 0 radical (unpaired) electrons. The zero-order chi connectivity index (χ0) is 12.7. The third kappa shape index (κ3) is 3.78. The lowest BCUT2D eigenvalue weighted by Crippen LogP contribution is -2.45. The number of carbonyl (C=O) groups is 1. The molecule has 1 fully saturated rings. The molecular formula is C12H19ClN2O2. The van der Waals surface area contributed by atoms with Crippen molar-refractivity contribution >= 4 is 17.7 Å². The van der Waals surface area contributed by atoms with E-state index in [0.717, 1.165) is 25.7 Å². The minimum atomic E-state index is -0.308. The van der Waals surface area contributed by atoms with Crippen molar-refractivity contribution < 1.29 is 9.53 Å². The van der Waals surface area contributed by atoms with Gasteiger partial charge in [-0.3, -0.25) is 0 Å². The van der Waals surface area contributed by atoms with Crippen LogP contribution >= 0.6 is 11.6 Å². The minimum absolute atomic E-state index is 0.261. The van der Waals surface area contributed by atoms with Crippen molar-refractivity contribution in [3.05, 3.63) is 11.4 Å². The molecule has 0 aromatic carbocycles. The number of piperidine rings is 1. The molecule has 0 saturated carbocycles. The Bertz CT molecular complexity index is 293. The van der Waals surface area contributed by atoms with Crippen LogP contribution in [0, 0.1) is 6.57 Å². The number of hydrogen-bond donors (Lipinski definition) is 0. The fraction of sp³-hybridized carbons (Fsp3) is 0.833. The van der Waals surface area contributed by atoms with Crippen LogP contribution in [0.4, 0.5) is 4.79 Å². The minimum Gasteiger partial charge on any atom is -0.450 e. The Kier molecular flexibility index (Phi) is 5.57. The number of amides is 1. The van der Waals surface area contributed by atoms with Gasteiger partial charge in [-0.25, -0.2) is 11.4 Å². The quantitative estimate of drug-likeness (QED) is 0.574. The van der Waals surface area contributed by atoms with Gasteiger partial charge in [0.05, 0.1) is 6.61 Å². The van der Waals surface area contributed by atoms with E-state index < -0.39 is 0 Å². The molecule has 5 heteroatoms. The van der Waals surface area contributed by atoms with E-state index in [1.54, 1.807) is 11.8 Å². The maximum atomic E-state index is 11.5. The molecule has 0 aromatic rings. The fourth-order valence-electron chi connectivity index (χ4n) is 2.13. The van der Waals surface area contributed by atoms with E-state index in [2.05, 4.69) is 4.85 Å². The number of alkyl halides is 1. The summed E-state index contributed by atoms with van der Waals surface area (Å²) in [4.78, 5) is 17.0. The van der Waals surface area contributed by atoms with Gasteiger partial charge in [0, 0.05) is 38.2 Å². The van der Waals surface area contributed by atoms with Crippen LogP contribution in [0.2, 0.25) is 0 Å². The lowest BCUT2D eigenvalue weighted by molar-refractivity contribution is 0.0905. The van der Waals surface area contributed by atoms with Crippen LogP contribution in [0.1, 0.15) is 32.6 Å². The van der Waals surface area contributed by atoms with E-state index in [0.29, 0.717) is 25.6 Å². The van der Waals surface area contributed by atoms with Gasteiger partial charge in [-0.1, -0.05) is 0 Å². The van der Waals surface area contributed by atoms with Gasteiger partial charge in [0.25, 0.3) is 0 Å². The molecule has 96 valence electrons. The Morgan fingerprint density at radius 3 is 2.65 bits per heavy atom. The summed E-state index contributed by atoms with van der Waals surface area (Å²) in [5.74, 6) is 0.596. The topological polar surface area (TPSA) is 33.9 Å². The maximum absolute atomic E-state index is 11.5. The largest absolute Gasteiger partial charge is 0.450 e. The van der Waals surface area contributed by atoms with Crippen LogP contribution < -0.4 is 0 Å². The molecule has 1 rings (SSSR count). The lowest BCUT2D eigenvalue weighted by Gasteiger charge is -2.33. The average molecular weight is 259 g/mol.